The normalized spacial score (nSPS) is 13.4. The molecule has 172 valence electrons. The van der Waals surface area contributed by atoms with E-state index >= 15 is 0 Å². The van der Waals surface area contributed by atoms with E-state index in [4.69, 9.17) is 28.0 Å². The van der Waals surface area contributed by atoms with E-state index in [1.54, 1.807) is 0 Å². The molecule has 3 amide bonds. The van der Waals surface area contributed by atoms with Crippen molar-refractivity contribution in [3.63, 3.8) is 0 Å². The summed E-state index contributed by atoms with van der Waals surface area (Å²) in [4.78, 5) is 50.9. The van der Waals surface area contributed by atoms with Gasteiger partial charge in [-0.3, -0.25) is 19.4 Å². The minimum atomic E-state index is -1.17. The van der Waals surface area contributed by atoms with Crippen LogP contribution in [0.15, 0.2) is 4.99 Å². The molecule has 0 aliphatic carbocycles. The quantitative estimate of drug-likeness (QED) is 0.0735. The molecule has 0 saturated carbocycles. The van der Waals surface area contributed by atoms with E-state index < -0.39 is 48.4 Å². The first-order chi connectivity index (χ1) is 14.1. The molecule has 0 aromatic heterocycles. The Morgan fingerprint density at radius 1 is 1.00 bits per heavy atom. The zero-order valence-corrected chi connectivity index (χ0v) is 17.2. The highest BCUT2D eigenvalue weighted by Crippen LogP contribution is 2.00. The predicted octanol–water partition coefficient (Wildman–Crippen LogP) is -3.31. The van der Waals surface area contributed by atoms with E-state index in [9.17, 15) is 19.2 Å². The highest BCUT2D eigenvalue weighted by molar-refractivity contribution is 5.92. The number of rotatable bonds is 15. The zero-order chi connectivity index (χ0) is 23.1. The highest BCUT2D eigenvalue weighted by Gasteiger charge is 2.22. The standard InChI is InChI=1S/C17H34N8O5/c1-10(24-15(28)11(19)5-4-8-22-17(20)21)14(27)23-9-13(26)25-12(16(29)30)6-2-3-7-18/h10-12H,2-9,18-19H2,1H3,(H,23,27)(H,24,28)(H,25,26)(H,29,30)(H4,20,21,22). The molecule has 0 spiro atoms. The number of carboxylic acids is 1. The second kappa shape index (κ2) is 15.0. The van der Waals surface area contributed by atoms with Crippen molar-refractivity contribution in [2.45, 2.75) is 57.2 Å². The molecular formula is C17H34N8O5. The van der Waals surface area contributed by atoms with Gasteiger partial charge in [-0.2, -0.15) is 0 Å². The second-order valence-corrected chi connectivity index (χ2v) is 6.75. The molecule has 0 radical (unpaired) electrons. The van der Waals surface area contributed by atoms with Crippen molar-refractivity contribution in [1.82, 2.24) is 16.0 Å². The van der Waals surface area contributed by atoms with Gasteiger partial charge in [-0.25, -0.2) is 4.79 Å². The first kappa shape index (κ1) is 27.1. The van der Waals surface area contributed by atoms with Gasteiger partial charge in [0.1, 0.15) is 12.1 Å². The van der Waals surface area contributed by atoms with Gasteiger partial charge in [-0.1, -0.05) is 0 Å². The number of guanidine groups is 1. The number of nitrogens with two attached hydrogens (primary N) is 4. The molecule has 0 aromatic carbocycles. The lowest BCUT2D eigenvalue weighted by Gasteiger charge is -2.18. The number of nitrogens with zero attached hydrogens (tertiary/aromatic N) is 1. The van der Waals surface area contributed by atoms with Gasteiger partial charge in [0.25, 0.3) is 0 Å². The summed E-state index contributed by atoms with van der Waals surface area (Å²) in [5.41, 5.74) is 21.5. The zero-order valence-electron chi connectivity index (χ0n) is 17.2. The first-order valence-electron chi connectivity index (χ1n) is 9.69. The second-order valence-electron chi connectivity index (χ2n) is 6.75. The smallest absolute Gasteiger partial charge is 0.326 e. The number of hydrogen-bond acceptors (Lipinski definition) is 7. The summed E-state index contributed by atoms with van der Waals surface area (Å²) in [6, 6.07) is -2.84. The Morgan fingerprint density at radius 3 is 2.23 bits per heavy atom. The number of nitrogens with one attached hydrogen (secondary N) is 3. The molecule has 13 nitrogen and oxygen atoms in total. The molecule has 0 fully saturated rings. The summed E-state index contributed by atoms with van der Waals surface area (Å²) in [7, 11) is 0. The molecule has 0 heterocycles. The van der Waals surface area contributed by atoms with E-state index in [0.717, 1.165) is 0 Å². The minimum Gasteiger partial charge on any atom is -0.480 e. The van der Waals surface area contributed by atoms with Crippen LogP contribution >= 0.6 is 0 Å². The molecule has 0 rings (SSSR count). The van der Waals surface area contributed by atoms with Crippen LogP contribution in [-0.2, 0) is 19.2 Å². The van der Waals surface area contributed by atoms with Crippen LogP contribution in [0.1, 0.15) is 39.0 Å². The number of hydrogen-bond donors (Lipinski definition) is 8. The van der Waals surface area contributed by atoms with E-state index in [0.29, 0.717) is 38.8 Å². The Kier molecular flexibility index (Phi) is 13.5. The number of carboxylic acid groups (broad SMARTS) is 1. The van der Waals surface area contributed by atoms with E-state index in [1.165, 1.54) is 6.92 Å². The SMILES string of the molecule is CC(NC(=O)C(N)CCCN=C(N)N)C(=O)NCC(=O)NC(CCCCN)C(=O)O. The summed E-state index contributed by atoms with van der Waals surface area (Å²) in [6.07, 6.45) is 2.24. The lowest BCUT2D eigenvalue weighted by molar-refractivity contribution is -0.142. The van der Waals surface area contributed by atoms with E-state index in [-0.39, 0.29) is 12.4 Å². The monoisotopic (exact) mass is 430 g/mol. The summed E-state index contributed by atoms with van der Waals surface area (Å²) < 4.78 is 0. The van der Waals surface area contributed by atoms with Gasteiger partial charge >= 0.3 is 5.97 Å². The van der Waals surface area contributed by atoms with Crippen LogP contribution in [0, 0.1) is 0 Å². The van der Waals surface area contributed by atoms with Crippen molar-refractivity contribution in [2.75, 3.05) is 19.6 Å². The lowest BCUT2D eigenvalue weighted by Crippen LogP contribution is -2.52. The number of unbranched alkanes of at least 4 members (excludes halogenated alkanes) is 1. The summed E-state index contributed by atoms with van der Waals surface area (Å²) >= 11 is 0. The Hall–Kier alpha value is -2.93. The van der Waals surface area contributed by atoms with E-state index in [2.05, 4.69) is 20.9 Å². The van der Waals surface area contributed by atoms with Crippen molar-refractivity contribution in [3.05, 3.63) is 0 Å². The van der Waals surface area contributed by atoms with Crippen molar-refractivity contribution in [1.29, 1.82) is 0 Å². The maximum absolute atomic E-state index is 12.0. The van der Waals surface area contributed by atoms with Gasteiger partial charge in [0.05, 0.1) is 12.6 Å². The van der Waals surface area contributed by atoms with Crippen LogP contribution in [0.4, 0.5) is 0 Å². The Morgan fingerprint density at radius 2 is 1.67 bits per heavy atom. The lowest BCUT2D eigenvalue weighted by atomic mass is 10.1. The van der Waals surface area contributed by atoms with Crippen LogP contribution in [0.2, 0.25) is 0 Å². The van der Waals surface area contributed by atoms with Crippen molar-refractivity contribution in [2.24, 2.45) is 27.9 Å². The molecule has 0 aromatic rings. The average Bonchev–Trinajstić information content (AvgIpc) is 2.68. The largest absolute Gasteiger partial charge is 0.480 e. The molecule has 3 atom stereocenters. The van der Waals surface area contributed by atoms with Crippen LogP contribution in [0.25, 0.3) is 0 Å². The number of aliphatic imine (C=N–C) groups is 1. The highest BCUT2D eigenvalue weighted by atomic mass is 16.4. The van der Waals surface area contributed by atoms with Crippen LogP contribution in [-0.4, -0.2) is 72.5 Å². The molecule has 30 heavy (non-hydrogen) atoms. The van der Waals surface area contributed by atoms with Crippen molar-refractivity contribution >= 4 is 29.7 Å². The van der Waals surface area contributed by atoms with Crippen LogP contribution < -0.4 is 38.9 Å². The number of carbonyl (C=O) groups is 4. The Bertz CT molecular complexity index is 609. The van der Waals surface area contributed by atoms with Crippen LogP contribution in [0.3, 0.4) is 0 Å². The minimum absolute atomic E-state index is 0.0485. The third-order valence-electron chi connectivity index (χ3n) is 4.06. The van der Waals surface area contributed by atoms with Crippen molar-refractivity contribution in [3.8, 4) is 0 Å². The Labute approximate surface area is 175 Å². The van der Waals surface area contributed by atoms with Gasteiger partial charge < -0.3 is 44.0 Å². The fraction of sp³-hybridized carbons (Fsp3) is 0.706. The van der Waals surface area contributed by atoms with Crippen LogP contribution in [0.5, 0.6) is 0 Å². The first-order valence-corrected chi connectivity index (χ1v) is 9.69. The molecule has 13 heteroatoms. The molecular weight excluding hydrogens is 396 g/mol. The number of aliphatic carboxylic acids is 1. The summed E-state index contributed by atoms with van der Waals surface area (Å²) in [6.45, 7) is 1.77. The van der Waals surface area contributed by atoms with Gasteiger partial charge in [-0.05, 0) is 45.6 Å². The fourth-order valence-corrected chi connectivity index (χ4v) is 2.35. The van der Waals surface area contributed by atoms with E-state index in [1.807, 2.05) is 0 Å². The molecule has 12 N–H and O–H groups in total. The van der Waals surface area contributed by atoms with Gasteiger partial charge in [0, 0.05) is 6.54 Å². The molecule has 0 aliphatic heterocycles. The van der Waals surface area contributed by atoms with Gasteiger partial charge in [-0.15, -0.1) is 0 Å². The van der Waals surface area contributed by atoms with Gasteiger partial charge in [0.2, 0.25) is 17.7 Å². The fourth-order valence-electron chi connectivity index (χ4n) is 2.35. The molecule has 0 saturated heterocycles. The topological polar surface area (TPSA) is 241 Å². The van der Waals surface area contributed by atoms with Gasteiger partial charge in [0.15, 0.2) is 5.96 Å². The number of amides is 3. The third kappa shape index (κ3) is 12.5. The van der Waals surface area contributed by atoms with Crippen molar-refractivity contribution < 1.29 is 24.3 Å². The summed E-state index contributed by atoms with van der Waals surface area (Å²) in [5, 5.41) is 16.3. The molecule has 0 bridgehead atoms. The predicted molar refractivity (Wildman–Crippen MR) is 111 cm³/mol. The average molecular weight is 431 g/mol. The maximum atomic E-state index is 12.0. The molecule has 0 aliphatic rings. The number of carbonyl (C=O) groups excluding carboxylic acids is 3. The maximum Gasteiger partial charge on any atom is 0.326 e. The summed E-state index contributed by atoms with van der Waals surface area (Å²) in [5.74, 6) is -3.01. The third-order valence-corrected chi connectivity index (χ3v) is 4.06. The Balaban J connectivity index is 4.32. The molecule has 3 unspecified atom stereocenters.